The first-order valence-corrected chi connectivity index (χ1v) is 9.27. The van der Waals surface area contributed by atoms with Crippen LogP contribution in [0, 0.1) is 5.92 Å². The molecule has 7 heteroatoms. The lowest BCUT2D eigenvalue weighted by molar-refractivity contribution is -0.125. The Bertz CT molecular complexity index is 849. The standard InChI is InChI=1S/C20H26N4O3/c1-23-19(25)10-9-18(22-23)24-13-5-7-16(14-24)20(26)21-12-11-15-6-3-4-8-17(15)27-2/h3-4,6,8-10,16H,5,7,11-14H2,1-2H3,(H,21,26)/t16-/m1/s1. The Labute approximate surface area is 158 Å². The number of carbonyl (C=O) groups excluding carboxylic acids is 1. The predicted octanol–water partition coefficient (Wildman–Crippen LogP) is 1.36. The molecule has 2 aromatic rings. The van der Waals surface area contributed by atoms with E-state index in [9.17, 15) is 9.59 Å². The fraction of sp³-hybridized carbons (Fsp3) is 0.450. The van der Waals surface area contributed by atoms with Crippen molar-refractivity contribution in [2.45, 2.75) is 19.3 Å². The number of methoxy groups -OCH3 is 1. The van der Waals surface area contributed by atoms with Crippen molar-refractivity contribution >= 4 is 11.7 Å². The van der Waals surface area contributed by atoms with Crippen molar-refractivity contribution in [1.29, 1.82) is 0 Å². The van der Waals surface area contributed by atoms with Crippen LogP contribution < -0.4 is 20.5 Å². The number of rotatable bonds is 6. The van der Waals surface area contributed by atoms with E-state index >= 15 is 0 Å². The van der Waals surface area contributed by atoms with Crippen LogP contribution in [0.1, 0.15) is 18.4 Å². The highest BCUT2D eigenvalue weighted by atomic mass is 16.5. The largest absolute Gasteiger partial charge is 0.496 e. The van der Waals surface area contributed by atoms with Gasteiger partial charge in [-0.05, 0) is 37.0 Å². The van der Waals surface area contributed by atoms with Gasteiger partial charge in [0.2, 0.25) is 5.91 Å². The summed E-state index contributed by atoms with van der Waals surface area (Å²) in [5.41, 5.74) is 0.946. The number of aryl methyl sites for hydroxylation is 1. The number of carbonyl (C=O) groups is 1. The molecular formula is C20H26N4O3. The maximum Gasteiger partial charge on any atom is 0.266 e. The van der Waals surface area contributed by atoms with Gasteiger partial charge in [-0.3, -0.25) is 9.59 Å². The Morgan fingerprint density at radius 3 is 2.89 bits per heavy atom. The van der Waals surface area contributed by atoms with Gasteiger partial charge in [0.15, 0.2) is 0 Å². The van der Waals surface area contributed by atoms with Gasteiger partial charge in [0, 0.05) is 32.7 Å². The van der Waals surface area contributed by atoms with Crippen molar-refractivity contribution in [3.63, 3.8) is 0 Å². The molecule has 1 aliphatic heterocycles. The second kappa shape index (κ2) is 8.70. The number of nitrogens with one attached hydrogen (secondary N) is 1. The first kappa shape index (κ1) is 18.9. The lowest BCUT2D eigenvalue weighted by atomic mass is 9.97. The van der Waals surface area contributed by atoms with Crippen molar-refractivity contribution < 1.29 is 9.53 Å². The molecule has 0 bridgehead atoms. The summed E-state index contributed by atoms with van der Waals surface area (Å²) < 4.78 is 6.68. The molecule has 0 radical (unpaired) electrons. The van der Waals surface area contributed by atoms with Crippen molar-refractivity contribution in [2.24, 2.45) is 13.0 Å². The quantitative estimate of drug-likeness (QED) is 0.831. The van der Waals surface area contributed by atoms with Crippen LogP contribution in [0.3, 0.4) is 0 Å². The lowest BCUT2D eigenvalue weighted by Gasteiger charge is -2.32. The van der Waals surface area contributed by atoms with Gasteiger partial charge >= 0.3 is 0 Å². The van der Waals surface area contributed by atoms with Gasteiger partial charge in [0.05, 0.1) is 13.0 Å². The van der Waals surface area contributed by atoms with Gasteiger partial charge < -0.3 is 15.0 Å². The van der Waals surface area contributed by atoms with Crippen LogP contribution in [0.4, 0.5) is 5.82 Å². The zero-order valence-electron chi connectivity index (χ0n) is 15.9. The van der Waals surface area contributed by atoms with Crippen LogP contribution in [0.5, 0.6) is 5.75 Å². The van der Waals surface area contributed by atoms with E-state index in [4.69, 9.17) is 4.74 Å². The molecule has 7 nitrogen and oxygen atoms in total. The highest BCUT2D eigenvalue weighted by molar-refractivity contribution is 5.79. The molecule has 144 valence electrons. The fourth-order valence-electron chi connectivity index (χ4n) is 3.43. The molecule has 0 saturated carbocycles. The van der Waals surface area contributed by atoms with E-state index in [2.05, 4.69) is 15.3 Å². The summed E-state index contributed by atoms with van der Waals surface area (Å²) in [4.78, 5) is 26.2. The van der Waals surface area contributed by atoms with Gasteiger partial charge in [-0.2, -0.15) is 5.10 Å². The molecule has 27 heavy (non-hydrogen) atoms. The van der Waals surface area contributed by atoms with Crippen molar-refractivity contribution in [3.05, 3.63) is 52.3 Å². The van der Waals surface area contributed by atoms with Gasteiger partial charge in [0.25, 0.3) is 5.56 Å². The van der Waals surface area contributed by atoms with Gasteiger partial charge in [-0.15, -0.1) is 0 Å². The molecule has 1 atom stereocenters. The van der Waals surface area contributed by atoms with E-state index in [-0.39, 0.29) is 17.4 Å². The Kier molecular flexibility index (Phi) is 6.11. The molecule has 0 aliphatic carbocycles. The summed E-state index contributed by atoms with van der Waals surface area (Å²) in [6, 6.07) is 11.1. The van der Waals surface area contributed by atoms with Crippen molar-refractivity contribution in [3.8, 4) is 5.75 Å². The molecule has 1 aliphatic rings. The van der Waals surface area contributed by atoms with E-state index in [1.54, 1.807) is 20.2 Å². The van der Waals surface area contributed by atoms with Gasteiger partial charge in [-0.25, -0.2) is 4.68 Å². The molecule has 0 unspecified atom stereocenters. The fourth-order valence-corrected chi connectivity index (χ4v) is 3.43. The maximum atomic E-state index is 12.6. The van der Waals surface area contributed by atoms with E-state index in [1.165, 1.54) is 10.7 Å². The third-order valence-corrected chi connectivity index (χ3v) is 4.95. The number of benzene rings is 1. The molecule has 3 rings (SSSR count). The number of amides is 1. The summed E-state index contributed by atoms with van der Waals surface area (Å²) in [6.07, 6.45) is 2.52. The second-order valence-corrected chi connectivity index (χ2v) is 6.79. The normalized spacial score (nSPS) is 16.8. The Balaban J connectivity index is 1.55. The first-order chi connectivity index (χ1) is 13.1. The average Bonchev–Trinajstić information content (AvgIpc) is 2.70. The number of anilines is 1. The molecule has 1 amide bonds. The Hall–Kier alpha value is -2.83. The topological polar surface area (TPSA) is 76.5 Å². The summed E-state index contributed by atoms with van der Waals surface area (Å²) in [5, 5.41) is 7.34. The minimum absolute atomic E-state index is 0.0689. The number of ether oxygens (including phenoxy) is 1. The molecule has 1 fully saturated rings. The van der Waals surface area contributed by atoms with E-state index in [1.807, 2.05) is 24.3 Å². The highest BCUT2D eigenvalue weighted by Gasteiger charge is 2.26. The summed E-state index contributed by atoms with van der Waals surface area (Å²) in [7, 11) is 3.29. The zero-order valence-corrected chi connectivity index (χ0v) is 15.9. The maximum absolute atomic E-state index is 12.6. The predicted molar refractivity (Wildman–Crippen MR) is 104 cm³/mol. The monoisotopic (exact) mass is 370 g/mol. The summed E-state index contributed by atoms with van der Waals surface area (Å²) >= 11 is 0. The van der Waals surface area contributed by atoms with Crippen molar-refractivity contribution in [2.75, 3.05) is 31.6 Å². The third kappa shape index (κ3) is 4.67. The van der Waals surface area contributed by atoms with Gasteiger partial charge in [-0.1, -0.05) is 18.2 Å². The lowest BCUT2D eigenvalue weighted by Crippen LogP contribution is -2.44. The van der Waals surface area contributed by atoms with Crippen LogP contribution in [-0.4, -0.2) is 42.4 Å². The number of nitrogens with zero attached hydrogens (tertiary/aromatic N) is 3. The number of para-hydroxylation sites is 1. The molecule has 2 heterocycles. The number of piperidine rings is 1. The van der Waals surface area contributed by atoms with Gasteiger partial charge in [0.1, 0.15) is 11.6 Å². The molecule has 1 aromatic heterocycles. The second-order valence-electron chi connectivity index (χ2n) is 6.79. The zero-order chi connectivity index (χ0) is 19.2. The summed E-state index contributed by atoms with van der Waals surface area (Å²) in [5.74, 6) is 1.58. The van der Waals surface area contributed by atoms with E-state index in [0.29, 0.717) is 13.1 Å². The Morgan fingerprint density at radius 1 is 1.30 bits per heavy atom. The number of hydrogen-bond donors (Lipinski definition) is 1. The smallest absolute Gasteiger partial charge is 0.266 e. The number of aromatic nitrogens is 2. The van der Waals surface area contributed by atoms with E-state index in [0.717, 1.165) is 42.9 Å². The first-order valence-electron chi connectivity index (χ1n) is 9.27. The molecular weight excluding hydrogens is 344 g/mol. The molecule has 1 saturated heterocycles. The average molecular weight is 370 g/mol. The van der Waals surface area contributed by atoms with Crippen LogP contribution in [0.2, 0.25) is 0 Å². The number of hydrogen-bond acceptors (Lipinski definition) is 5. The minimum Gasteiger partial charge on any atom is -0.496 e. The Morgan fingerprint density at radius 2 is 2.11 bits per heavy atom. The van der Waals surface area contributed by atoms with Crippen LogP contribution in [-0.2, 0) is 18.3 Å². The van der Waals surface area contributed by atoms with Crippen LogP contribution >= 0.6 is 0 Å². The van der Waals surface area contributed by atoms with E-state index < -0.39 is 0 Å². The minimum atomic E-state index is -0.138. The highest BCUT2D eigenvalue weighted by Crippen LogP contribution is 2.21. The summed E-state index contributed by atoms with van der Waals surface area (Å²) in [6.45, 7) is 2.04. The van der Waals surface area contributed by atoms with Crippen LogP contribution in [0.15, 0.2) is 41.2 Å². The third-order valence-electron chi connectivity index (χ3n) is 4.95. The molecule has 0 spiro atoms. The van der Waals surface area contributed by atoms with Crippen molar-refractivity contribution in [1.82, 2.24) is 15.1 Å². The van der Waals surface area contributed by atoms with Crippen LogP contribution in [0.25, 0.3) is 0 Å². The SMILES string of the molecule is COc1ccccc1CCNC(=O)[C@@H]1CCCN(c2ccc(=O)n(C)n2)C1. The molecule has 1 aromatic carbocycles. The molecule has 1 N–H and O–H groups in total.